The lowest BCUT2D eigenvalue weighted by atomic mass is 9.88. The lowest BCUT2D eigenvalue weighted by Crippen LogP contribution is -2.10. The first-order valence-electron chi connectivity index (χ1n) is 25.4. The molecule has 0 spiro atoms. The number of hydrogen-bond acceptors (Lipinski definition) is 2. The third kappa shape index (κ3) is 7.52. The Morgan fingerprint density at radius 1 is 0.243 bits per heavy atom. The minimum atomic E-state index is 0.856. The normalized spacial score (nSPS) is 11.5. The minimum absolute atomic E-state index is 0.856. The molecular weight excluding hydrogens is 895 g/mol. The van der Waals surface area contributed by atoms with Crippen molar-refractivity contribution >= 4 is 71.3 Å². The standard InChI is InChI=1S/C72H47NO/c1-2-18-55-47-56(36-35-48(55)15-1)51-33-31-49(32-34-51)50-37-41-57(42-38-50)73(69-46-45-67(64-29-14-20-53-17-4-6-22-60(53)64)72-71(69)68-27-11-12-30-70(68)74-72)58-43-39-54(40-44-58)61-23-7-8-24-62(61)65-25-9-10-26-66(65)63-28-13-19-52-16-3-5-21-59(52)63/h1-47H. The molecule has 346 valence electrons. The quantitative estimate of drug-likeness (QED) is 0.143. The summed E-state index contributed by atoms with van der Waals surface area (Å²) >= 11 is 0. The molecular formula is C72H47NO. The molecule has 14 aromatic rings. The van der Waals surface area contributed by atoms with E-state index in [1.165, 1.54) is 76.8 Å². The molecule has 0 bridgehead atoms. The highest BCUT2D eigenvalue weighted by molar-refractivity contribution is 6.18. The van der Waals surface area contributed by atoms with Crippen molar-refractivity contribution in [3.8, 4) is 66.8 Å². The van der Waals surface area contributed by atoms with Crippen molar-refractivity contribution in [1.29, 1.82) is 0 Å². The number of furan rings is 1. The summed E-state index contributed by atoms with van der Waals surface area (Å²) in [7, 11) is 0. The molecule has 0 unspecified atom stereocenters. The Kier molecular flexibility index (Phi) is 10.6. The van der Waals surface area contributed by atoms with Crippen LogP contribution in [0.15, 0.2) is 290 Å². The van der Waals surface area contributed by atoms with Crippen LogP contribution >= 0.6 is 0 Å². The van der Waals surface area contributed by atoms with Crippen LogP contribution in [0, 0.1) is 0 Å². The first-order chi connectivity index (χ1) is 36.7. The Morgan fingerprint density at radius 2 is 0.662 bits per heavy atom. The Bertz CT molecular complexity index is 4400. The molecule has 0 saturated heterocycles. The van der Waals surface area contributed by atoms with Gasteiger partial charge in [0.15, 0.2) is 0 Å². The Balaban J connectivity index is 0.896. The van der Waals surface area contributed by atoms with Crippen molar-refractivity contribution in [1.82, 2.24) is 0 Å². The Hall–Kier alpha value is -9.76. The van der Waals surface area contributed by atoms with Gasteiger partial charge in [0.05, 0.1) is 11.1 Å². The van der Waals surface area contributed by atoms with Crippen LogP contribution in [-0.4, -0.2) is 0 Å². The van der Waals surface area contributed by atoms with E-state index in [0.29, 0.717) is 0 Å². The summed E-state index contributed by atoms with van der Waals surface area (Å²) in [6, 6.07) is 103. The van der Waals surface area contributed by atoms with E-state index in [2.05, 4.69) is 290 Å². The molecule has 1 heterocycles. The summed E-state index contributed by atoms with van der Waals surface area (Å²) in [4.78, 5) is 2.40. The zero-order chi connectivity index (χ0) is 49.0. The highest BCUT2D eigenvalue weighted by Crippen LogP contribution is 2.48. The number of para-hydroxylation sites is 1. The highest BCUT2D eigenvalue weighted by atomic mass is 16.3. The number of hydrogen-bond donors (Lipinski definition) is 0. The molecule has 74 heavy (non-hydrogen) atoms. The average molecular weight is 942 g/mol. The van der Waals surface area contributed by atoms with Gasteiger partial charge in [0.1, 0.15) is 11.2 Å². The SMILES string of the molecule is c1ccc(-c2ccccc2-c2cccc3ccccc23)c(-c2ccc(N(c3ccc(-c4ccc(-c5ccc6ccccc6c5)cc4)cc3)c3ccc(-c4cccc5ccccc45)c4oc5ccccc5c34)cc2)c1. The summed E-state index contributed by atoms with van der Waals surface area (Å²) in [6.07, 6.45) is 0. The van der Waals surface area contributed by atoms with Crippen LogP contribution in [-0.2, 0) is 0 Å². The summed E-state index contributed by atoms with van der Waals surface area (Å²) in [5.74, 6) is 0. The van der Waals surface area contributed by atoms with E-state index >= 15 is 0 Å². The summed E-state index contributed by atoms with van der Waals surface area (Å²) < 4.78 is 6.96. The molecule has 0 saturated carbocycles. The first kappa shape index (κ1) is 43.1. The molecule has 2 heteroatoms. The number of fused-ring (bicyclic) bond motifs is 6. The van der Waals surface area contributed by atoms with Gasteiger partial charge in [0.25, 0.3) is 0 Å². The molecule has 0 aliphatic heterocycles. The third-order valence-electron chi connectivity index (χ3n) is 14.9. The fourth-order valence-corrected chi connectivity index (χ4v) is 11.3. The summed E-state index contributed by atoms with van der Waals surface area (Å²) in [5, 5.41) is 9.51. The van der Waals surface area contributed by atoms with E-state index in [4.69, 9.17) is 4.42 Å². The average Bonchev–Trinajstić information content (AvgIpc) is 3.88. The number of rotatable bonds is 9. The van der Waals surface area contributed by atoms with Gasteiger partial charge in [-0.2, -0.15) is 0 Å². The van der Waals surface area contributed by atoms with Gasteiger partial charge in [-0.05, 0) is 142 Å². The molecule has 2 nitrogen and oxygen atoms in total. The van der Waals surface area contributed by atoms with E-state index in [0.717, 1.165) is 61.3 Å². The van der Waals surface area contributed by atoms with Crippen LogP contribution in [0.3, 0.4) is 0 Å². The van der Waals surface area contributed by atoms with E-state index in [1.807, 2.05) is 0 Å². The van der Waals surface area contributed by atoms with E-state index in [1.54, 1.807) is 0 Å². The molecule has 0 aliphatic carbocycles. The van der Waals surface area contributed by atoms with Crippen LogP contribution in [0.2, 0.25) is 0 Å². The second-order valence-electron chi connectivity index (χ2n) is 19.1. The van der Waals surface area contributed by atoms with Crippen LogP contribution in [0.5, 0.6) is 0 Å². The van der Waals surface area contributed by atoms with Crippen molar-refractivity contribution in [2.45, 2.75) is 0 Å². The third-order valence-corrected chi connectivity index (χ3v) is 14.9. The monoisotopic (exact) mass is 941 g/mol. The maximum absolute atomic E-state index is 6.96. The van der Waals surface area contributed by atoms with Crippen molar-refractivity contribution in [3.05, 3.63) is 285 Å². The predicted molar refractivity (Wildman–Crippen MR) is 314 cm³/mol. The topological polar surface area (TPSA) is 16.4 Å². The zero-order valence-corrected chi connectivity index (χ0v) is 40.5. The molecule has 0 radical (unpaired) electrons. The van der Waals surface area contributed by atoms with Crippen molar-refractivity contribution in [2.24, 2.45) is 0 Å². The van der Waals surface area contributed by atoms with Crippen LogP contribution in [0.25, 0.3) is 121 Å². The van der Waals surface area contributed by atoms with Crippen LogP contribution < -0.4 is 4.90 Å². The fraction of sp³-hybridized carbons (Fsp3) is 0. The highest BCUT2D eigenvalue weighted by Gasteiger charge is 2.24. The van der Waals surface area contributed by atoms with Gasteiger partial charge in [-0.3, -0.25) is 0 Å². The van der Waals surface area contributed by atoms with Crippen molar-refractivity contribution < 1.29 is 4.42 Å². The fourth-order valence-electron chi connectivity index (χ4n) is 11.3. The smallest absolute Gasteiger partial charge is 0.145 e. The molecule has 1 aromatic heterocycles. The van der Waals surface area contributed by atoms with Gasteiger partial charge in [-0.25, -0.2) is 0 Å². The van der Waals surface area contributed by atoms with Crippen molar-refractivity contribution in [2.75, 3.05) is 4.90 Å². The van der Waals surface area contributed by atoms with E-state index in [-0.39, 0.29) is 0 Å². The molecule has 0 amide bonds. The van der Waals surface area contributed by atoms with Gasteiger partial charge >= 0.3 is 0 Å². The van der Waals surface area contributed by atoms with E-state index < -0.39 is 0 Å². The Labute approximate surface area is 430 Å². The van der Waals surface area contributed by atoms with Crippen LogP contribution in [0.4, 0.5) is 17.1 Å². The lowest BCUT2D eigenvalue weighted by Gasteiger charge is -2.27. The predicted octanol–water partition coefficient (Wildman–Crippen LogP) is 20.5. The first-order valence-corrected chi connectivity index (χ1v) is 25.4. The van der Waals surface area contributed by atoms with Gasteiger partial charge in [-0.15, -0.1) is 0 Å². The van der Waals surface area contributed by atoms with Crippen LogP contribution in [0.1, 0.15) is 0 Å². The molecule has 0 atom stereocenters. The maximum atomic E-state index is 6.96. The maximum Gasteiger partial charge on any atom is 0.145 e. The summed E-state index contributed by atoms with van der Waals surface area (Å²) in [6.45, 7) is 0. The minimum Gasteiger partial charge on any atom is -0.455 e. The van der Waals surface area contributed by atoms with Gasteiger partial charge in [0.2, 0.25) is 0 Å². The number of anilines is 3. The molecule has 0 aliphatic rings. The lowest BCUT2D eigenvalue weighted by molar-refractivity contribution is 0.670. The molecule has 13 aromatic carbocycles. The van der Waals surface area contributed by atoms with Gasteiger partial charge < -0.3 is 9.32 Å². The number of benzene rings is 13. The van der Waals surface area contributed by atoms with E-state index in [9.17, 15) is 0 Å². The number of nitrogens with zero attached hydrogens (tertiary/aromatic N) is 1. The largest absolute Gasteiger partial charge is 0.455 e. The Morgan fingerprint density at radius 3 is 1.30 bits per heavy atom. The molecule has 0 N–H and O–H groups in total. The zero-order valence-electron chi connectivity index (χ0n) is 40.5. The second kappa shape index (κ2) is 18.1. The van der Waals surface area contributed by atoms with Gasteiger partial charge in [-0.1, -0.05) is 237 Å². The van der Waals surface area contributed by atoms with Gasteiger partial charge in [0, 0.05) is 22.3 Å². The second-order valence-corrected chi connectivity index (χ2v) is 19.1. The van der Waals surface area contributed by atoms with Crippen molar-refractivity contribution in [3.63, 3.8) is 0 Å². The molecule has 0 fully saturated rings. The molecule has 14 rings (SSSR count). The summed E-state index contributed by atoms with van der Waals surface area (Å²) in [5.41, 5.74) is 18.9.